The number of nitrogens with zero attached hydrogens (tertiary/aromatic N) is 2. The maximum absolute atomic E-state index is 13.2. The Bertz CT molecular complexity index is 1130. The summed E-state index contributed by atoms with van der Waals surface area (Å²) in [5, 5.41) is 11.3. The third-order valence-electron chi connectivity index (χ3n) is 5.72. The molecule has 1 fully saturated rings. The van der Waals surface area contributed by atoms with Gasteiger partial charge in [-0.2, -0.15) is 0 Å². The van der Waals surface area contributed by atoms with Gasteiger partial charge < -0.3 is 29.1 Å². The van der Waals surface area contributed by atoms with Crippen LogP contribution in [0.5, 0.6) is 17.2 Å². The van der Waals surface area contributed by atoms with Crippen molar-refractivity contribution in [2.45, 2.75) is 19.4 Å². The summed E-state index contributed by atoms with van der Waals surface area (Å²) in [5.74, 6) is -0.0000604. The van der Waals surface area contributed by atoms with Gasteiger partial charge in [0.15, 0.2) is 11.5 Å². The van der Waals surface area contributed by atoms with Crippen LogP contribution >= 0.6 is 15.9 Å². The number of hydrogen-bond donors (Lipinski definition) is 1. The Balaban J connectivity index is 2.18. The topological polar surface area (TPSA) is 88.5 Å². The highest BCUT2D eigenvalue weighted by molar-refractivity contribution is 9.10. The van der Waals surface area contributed by atoms with Crippen molar-refractivity contribution >= 4 is 33.4 Å². The lowest BCUT2D eigenvalue weighted by Gasteiger charge is -2.27. The lowest BCUT2D eigenvalue weighted by molar-refractivity contribution is -0.140. The number of likely N-dealkylation sites (tertiary alicyclic amines) is 1. The molecule has 1 N–H and O–H groups in total. The molecule has 1 amide bonds. The molecule has 35 heavy (non-hydrogen) atoms. The van der Waals surface area contributed by atoms with E-state index < -0.39 is 17.7 Å². The highest BCUT2D eigenvalue weighted by Crippen LogP contribution is 2.42. The fourth-order valence-electron chi connectivity index (χ4n) is 3.92. The van der Waals surface area contributed by atoms with Gasteiger partial charge in [-0.1, -0.05) is 13.0 Å². The Hall–Kier alpha value is -3.04. The average Bonchev–Trinajstić information content (AvgIpc) is 3.10. The van der Waals surface area contributed by atoms with E-state index in [0.29, 0.717) is 52.5 Å². The fourth-order valence-corrected chi connectivity index (χ4v) is 4.46. The zero-order valence-electron chi connectivity index (χ0n) is 20.6. The Morgan fingerprint density at radius 1 is 1.06 bits per heavy atom. The molecular formula is C26H31BrN2O6. The second-order valence-corrected chi connectivity index (χ2v) is 9.26. The van der Waals surface area contributed by atoms with E-state index in [4.69, 9.17) is 14.2 Å². The highest BCUT2D eigenvalue weighted by Gasteiger charge is 2.46. The molecule has 0 saturated carbocycles. The number of ketones is 1. The van der Waals surface area contributed by atoms with E-state index in [-0.39, 0.29) is 11.3 Å². The Kier molecular flexibility index (Phi) is 8.80. The van der Waals surface area contributed by atoms with Gasteiger partial charge >= 0.3 is 0 Å². The van der Waals surface area contributed by atoms with Crippen molar-refractivity contribution in [3.05, 3.63) is 57.6 Å². The van der Waals surface area contributed by atoms with Crippen molar-refractivity contribution in [1.82, 2.24) is 9.80 Å². The van der Waals surface area contributed by atoms with Crippen molar-refractivity contribution in [3.8, 4) is 17.2 Å². The second-order valence-electron chi connectivity index (χ2n) is 8.40. The third kappa shape index (κ3) is 5.62. The number of aliphatic hydroxyl groups excluding tert-OH is 1. The highest BCUT2D eigenvalue weighted by atomic mass is 79.9. The van der Waals surface area contributed by atoms with Crippen LogP contribution in [0.25, 0.3) is 5.76 Å². The molecule has 1 aliphatic rings. The van der Waals surface area contributed by atoms with Crippen LogP contribution < -0.4 is 14.2 Å². The van der Waals surface area contributed by atoms with Gasteiger partial charge in [-0.05, 0) is 72.3 Å². The van der Waals surface area contributed by atoms with E-state index in [1.807, 2.05) is 25.9 Å². The van der Waals surface area contributed by atoms with Gasteiger partial charge in [0, 0.05) is 18.7 Å². The summed E-state index contributed by atoms with van der Waals surface area (Å²) >= 11 is 3.42. The molecule has 1 atom stereocenters. The third-order valence-corrected chi connectivity index (χ3v) is 6.34. The molecule has 0 bridgehead atoms. The summed E-state index contributed by atoms with van der Waals surface area (Å²) in [6, 6.07) is 9.50. The predicted octanol–water partition coefficient (Wildman–Crippen LogP) is 4.24. The molecule has 1 heterocycles. The summed E-state index contributed by atoms with van der Waals surface area (Å²) in [6.45, 7) is 3.34. The molecule has 0 radical (unpaired) electrons. The first-order chi connectivity index (χ1) is 16.7. The predicted molar refractivity (Wildman–Crippen MR) is 137 cm³/mol. The molecule has 9 heteroatoms. The molecule has 8 nitrogen and oxygen atoms in total. The van der Waals surface area contributed by atoms with Crippen LogP contribution in [-0.4, -0.2) is 74.6 Å². The number of rotatable bonds is 10. The van der Waals surface area contributed by atoms with Crippen molar-refractivity contribution in [3.63, 3.8) is 0 Å². The summed E-state index contributed by atoms with van der Waals surface area (Å²) in [4.78, 5) is 29.8. The maximum Gasteiger partial charge on any atom is 0.295 e. The zero-order chi connectivity index (χ0) is 25.7. The smallest absolute Gasteiger partial charge is 0.295 e. The monoisotopic (exact) mass is 546 g/mol. The number of likely N-dealkylation sites (N-methyl/N-ethyl adjacent to an activating group) is 1. The number of ether oxygens (including phenoxy) is 3. The number of amides is 1. The number of aliphatic hydroxyl groups is 1. The van der Waals surface area contributed by atoms with Gasteiger partial charge in [-0.3, -0.25) is 9.59 Å². The molecule has 0 aromatic heterocycles. The van der Waals surface area contributed by atoms with Crippen LogP contribution in [0.2, 0.25) is 0 Å². The van der Waals surface area contributed by atoms with Crippen molar-refractivity contribution in [1.29, 1.82) is 0 Å². The van der Waals surface area contributed by atoms with Crippen LogP contribution in [0.3, 0.4) is 0 Å². The molecule has 0 spiro atoms. The number of halogens is 1. The minimum atomic E-state index is -0.786. The van der Waals surface area contributed by atoms with Crippen molar-refractivity contribution in [2.24, 2.45) is 0 Å². The summed E-state index contributed by atoms with van der Waals surface area (Å²) in [7, 11) is 6.88. The van der Waals surface area contributed by atoms with Gasteiger partial charge in [0.25, 0.3) is 11.7 Å². The van der Waals surface area contributed by atoms with Crippen molar-refractivity contribution < 1.29 is 28.9 Å². The van der Waals surface area contributed by atoms with Gasteiger partial charge in [0.2, 0.25) is 0 Å². The normalized spacial score (nSPS) is 17.2. The molecule has 1 aliphatic heterocycles. The van der Waals surface area contributed by atoms with E-state index in [9.17, 15) is 14.7 Å². The van der Waals surface area contributed by atoms with Crippen molar-refractivity contribution in [2.75, 3.05) is 48.0 Å². The summed E-state index contributed by atoms with van der Waals surface area (Å²) in [6.07, 6.45) is 0.807. The number of Topliss-reactive ketones (excluding diaryl/α,β-unsaturated/α-hetero) is 1. The molecule has 2 aromatic carbocycles. The number of carbonyl (C=O) groups excluding carboxylic acids is 2. The van der Waals surface area contributed by atoms with Gasteiger partial charge in [0.1, 0.15) is 11.5 Å². The van der Waals surface area contributed by atoms with E-state index in [0.717, 1.165) is 6.42 Å². The largest absolute Gasteiger partial charge is 0.507 e. The van der Waals surface area contributed by atoms with Gasteiger partial charge in [-0.15, -0.1) is 0 Å². The Morgan fingerprint density at radius 3 is 2.34 bits per heavy atom. The number of methoxy groups -OCH3 is 2. The minimum absolute atomic E-state index is 0.0254. The standard InChI is InChI=1S/C26H31BrN2O6/c1-6-13-35-21-15-16(7-10-20(21)34-5)23-22(25(31)26(32)29(23)12-11-28(2)3)24(30)17-8-9-19(33-4)18(27)14-17/h7-10,14-15,23,30H,6,11-13H2,1-5H3/b24-22-. The average molecular weight is 547 g/mol. The van der Waals surface area contributed by atoms with E-state index in [2.05, 4.69) is 15.9 Å². The van der Waals surface area contributed by atoms with E-state index in [1.165, 1.54) is 12.0 Å². The zero-order valence-corrected chi connectivity index (χ0v) is 22.2. The van der Waals surface area contributed by atoms with E-state index in [1.54, 1.807) is 43.5 Å². The summed E-state index contributed by atoms with van der Waals surface area (Å²) in [5.41, 5.74) is 1.06. The van der Waals surface area contributed by atoms with Gasteiger partial charge in [-0.25, -0.2) is 0 Å². The molecule has 2 aromatic rings. The van der Waals surface area contributed by atoms with Crippen LogP contribution in [0.4, 0.5) is 0 Å². The minimum Gasteiger partial charge on any atom is -0.507 e. The molecule has 0 aliphatic carbocycles. The molecular weight excluding hydrogens is 516 g/mol. The summed E-state index contributed by atoms with van der Waals surface area (Å²) < 4.78 is 17.2. The number of carbonyl (C=O) groups is 2. The quantitative estimate of drug-likeness (QED) is 0.271. The lowest BCUT2D eigenvalue weighted by atomic mass is 9.95. The van der Waals surface area contributed by atoms with Crippen LogP contribution in [-0.2, 0) is 9.59 Å². The first kappa shape index (κ1) is 26.6. The first-order valence-electron chi connectivity index (χ1n) is 11.3. The second kappa shape index (κ2) is 11.6. The van der Waals surface area contributed by atoms with Crippen LogP contribution in [0.15, 0.2) is 46.4 Å². The fraction of sp³-hybridized carbons (Fsp3) is 0.385. The molecule has 1 saturated heterocycles. The SMILES string of the molecule is CCCOc1cc(C2/C(=C(/O)c3ccc(OC)c(Br)c3)C(=O)C(=O)N2CCN(C)C)ccc1OC. The number of hydrogen-bond acceptors (Lipinski definition) is 7. The Morgan fingerprint density at radius 2 is 1.74 bits per heavy atom. The number of benzene rings is 2. The molecule has 1 unspecified atom stereocenters. The lowest BCUT2D eigenvalue weighted by Crippen LogP contribution is -2.35. The molecule has 3 rings (SSSR count). The van der Waals surface area contributed by atoms with Crippen LogP contribution in [0.1, 0.15) is 30.5 Å². The van der Waals surface area contributed by atoms with Crippen LogP contribution in [0, 0.1) is 0 Å². The van der Waals surface area contributed by atoms with Gasteiger partial charge in [0.05, 0.1) is 36.9 Å². The first-order valence-corrected chi connectivity index (χ1v) is 12.1. The van der Waals surface area contributed by atoms with E-state index >= 15 is 0 Å². The maximum atomic E-state index is 13.2. The Labute approximate surface area is 214 Å². The molecule has 188 valence electrons.